The number of methoxy groups -OCH3 is 2. The maximum Gasteiger partial charge on any atom is 0.0700 e. The minimum Gasteiger partial charge on any atom is -0.382 e. The summed E-state index contributed by atoms with van der Waals surface area (Å²) in [6, 6.07) is 13.2. The molecule has 6 heteroatoms. The third-order valence-corrected chi connectivity index (χ3v) is 6.48. The van der Waals surface area contributed by atoms with E-state index in [-0.39, 0.29) is 5.41 Å². The summed E-state index contributed by atoms with van der Waals surface area (Å²) >= 11 is 7.35. The van der Waals surface area contributed by atoms with Crippen molar-refractivity contribution in [3.8, 4) is 11.1 Å². The summed E-state index contributed by atoms with van der Waals surface area (Å²) in [5.74, 6) is 0. The number of hydrogen-bond donors (Lipinski definition) is 0. The first-order valence-electron chi connectivity index (χ1n) is 9.86. The Hall–Kier alpha value is -0.760. The van der Waals surface area contributed by atoms with Gasteiger partial charge in [0, 0.05) is 41.8 Å². The van der Waals surface area contributed by atoms with E-state index in [4.69, 9.17) is 18.9 Å². The molecule has 0 aromatic heterocycles. The zero-order chi connectivity index (χ0) is 20.7. The van der Waals surface area contributed by atoms with E-state index in [0.717, 1.165) is 21.8 Å². The minimum atomic E-state index is -0.154. The van der Waals surface area contributed by atoms with Crippen LogP contribution in [0.25, 0.3) is 11.1 Å². The van der Waals surface area contributed by atoms with Crippen molar-refractivity contribution in [2.24, 2.45) is 0 Å². The van der Waals surface area contributed by atoms with E-state index in [0.29, 0.717) is 39.6 Å². The molecule has 0 spiro atoms. The largest absolute Gasteiger partial charge is 0.382 e. The summed E-state index contributed by atoms with van der Waals surface area (Å²) in [4.78, 5) is 0. The van der Waals surface area contributed by atoms with E-state index in [1.54, 1.807) is 14.2 Å². The minimum absolute atomic E-state index is 0.154. The molecular weight excluding hydrogens is 500 g/mol. The predicted molar refractivity (Wildman–Crippen MR) is 123 cm³/mol. The molecule has 29 heavy (non-hydrogen) atoms. The van der Waals surface area contributed by atoms with E-state index in [1.165, 1.54) is 22.3 Å². The summed E-state index contributed by atoms with van der Waals surface area (Å²) < 4.78 is 24.2. The van der Waals surface area contributed by atoms with E-state index >= 15 is 0 Å². The van der Waals surface area contributed by atoms with Gasteiger partial charge < -0.3 is 18.9 Å². The Bertz CT molecular complexity index is 742. The lowest BCUT2D eigenvalue weighted by Gasteiger charge is -2.32. The third-order valence-electron chi connectivity index (χ3n) is 5.49. The fourth-order valence-corrected chi connectivity index (χ4v) is 4.81. The van der Waals surface area contributed by atoms with Crippen LogP contribution in [0.15, 0.2) is 45.3 Å². The first kappa shape index (κ1) is 22.9. The molecule has 2 aromatic carbocycles. The van der Waals surface area contributed by atoms with Gasteiger partial charge in [-0.2, -0.15) is 0 Å². The van der Waals surface area contributed by atoms with Crippen molar-refractivity contribution in [2.45, 2.75) is 18.3 Å². The SMILES string of the molecule is COCCOCCC1(CCOCCOC)c2cc(Br)ccc2-c2ccc(Br)cc21. The van der Waals surface area contributed by atoms with Crippen LogP contribution in [0, 0.1) is 0 Å². The van der Waals surface area contributed by atoms with Crippen LogP contribution in [0.5, 0.6) is 0 Å². The second kappa shape index (κ2) is 11.0. The molecule has 0 bridgehead atoms. The second-order valence-electron chi connectivity index (χ2n) is 7.17. The van der Waals surface area contributed by atoms with Gasteiger partial charge in [-0.1, -0.05) is 44.0 Å². The molecule has 0 unspecified atom stereocenters. The van der Waals surface area contributed by atoms with Crippen molar-refractivity contribution in [3.05, 3.63) is 56.5 Å². The average Bonchev–Trinajstić information content (AvgIpc) is 2.96. The predicted octanol–water partition coefficient (Wildman–Crippen LogP) is 5.58. The fourth-order valence-electron chi connectivity index (χ4n) is 4.08. The Labute approximate surface area is 190 Å². The zero-order valence-electron chi connectivity index (χ0n) is 17.0. The highest BCUT2D eigenvalue weighted by molar-refractivity contribution is 9.10. The summed E-state index contributed by atoms with van der Waals surface area (Å²) in [5.41, 5.74) is 5.11. The number of halogens is 2. The summed E-state index contributed by atoms with van der Waals surface area (Å²) in [7, 11) is 3.39. The van der Waals surface area contributed by atoms with Gasteiger partial charge in [0.05, 0.1) is 26.4 Å². The molecule has 3 rings (SSSR count). The van der Waals surface area contributed by atoms with Crippen LogP contribution in [0.4, 0.5) is 0 Å². The number of fused-ring (bicyclic) bond motifs is 3. The maximum atomic E-state index is 5.89. The van der Waals surface area contributed by atoms with Gasteiger partial charge >= 0.3 is 0 Å². The lowest BCUT2D eigenvalue weighted by Crippen LogP contribution is -2.29. The van der Waals surface area contributed by atoms with Gasteiger partial charge in [0.1, 0.15) is 0 Å². The normalized spacial score (nSPS) is 14.1. The summed E-state index contributed by atoms with van der Waals surface area (Å²) in [6.07, 6.45) is 1.77. The van der Waals surface area contributed by atoms with Crippen LogP contribution < -0.4 is 0 Å². The first-order valence-corrected chi connectivity index (χ1v) is 11.4. The highest BCUT2D eigenvalue weighted by Gasteiger charge is 2.42. The van der Waals surface area contributed by atoms with Crippen LogP contribution >= 0.6 is 31.9 Å². The van der Waals surface area contributed by atoms with Gasteiger partial charge in [-0.3, -0.25) is 0 Å². The molecule has 4 nitrogen and oxygen atoms in total. The number of rotatable bonds is 12. The van der Waals surface area contributed by atoms with Gasteiger partial charge in [-0.25, -0.2) is 0 Å². The lowest BCUT2D eigenvalue weighted by atomic mass is 9.73. The molecule has 0 saturated heterocycles. The Balaban J connectivity index is 1.93. The molecule has 1 aliphatic carbocycles. The second-order valence-corrected chi connectivity index (χ2v) is 9.00. The van der Waals surface area contributed by atoms with E-state index in [2.05, 4.69) is 68.3 Å². The Morgan fingerprint density at radius 2 is 1.10 bits per heavy atom. The molecule has 0 saturated carbocycles. The molecule has 0 fully saturated rings. The van der Waals surface area contributed by atoms with Gasteiger partial charge in [-0.15, -0.1) is 0 Å². The number of benzene rings is 2. The van der Waals surface area contributed by atoms with Crippen LogP contribution in [-0.4, -0.2) is 53.9 Å². The average molecular weight is 528 g/mol. The zero-order valence-corrected chi connectivity index (χ0v) is 20.2. The van der Waals surface area contributed by atoms with Gasteiger partial charge in [0.2, 0.25) is 0 Å². The molecule has 0 amide bonds. The molecule has 0 radical (unpaired) electrons. The smallest absolute Gasteiger partial charge is 0.0700 e. The van der Waals surface area contributed by atoms with Crippen LogP contribution in [0.1, 0.15) is 24.0 Å². The van der Waals surface area contributed by atoms with Crippen molar-refractivity contribution in [2.75, 3.05) is 53.9 Å². The topological polar surface area (TPSA) is 36.9 Å². The van der Waals surface area contributed by atoms with E-state index in [9.17, 15) is 0 Å². The van der Waals surface area contributed by atoms with Crippen molar-refractivity contribution < 1.29 is 18.9 Å². The third kappa shape index (κ3) is 5.30. The molecule has 0 aliphatic heterocycles. The highest BCUT2D eigenvalue weighted by Crippen LogP contribution is 2.53. The number of hydrogen-bond acceptors (Lipinski definition) is 4. The monoisotopic (exact) mass is 526 g/mol. The quantitative estimate of drug-likeness (QED) is 0.337. The Morgan fingerprint density at radius 3 is 1.52 bits per heavy atom. The molecule has 0 N–H and O–H groups in total. The maximum absolute atomic E-state index is 5.89. The summed E-state index contributed by atoms with van der Waals surface area (Å²) in [6.45, 7) is 3.76. The fraction of sp³-hybridized carbons (Fsp3) is 0.478. The Morgan fingerprint density at radius 1 is 0.655 bits per heavy atom. The van der Waals surface area contributed by atoms with Crippen LogP contribution in [-0.2, 0) is 24.4 Å². The Kier molecular flexibility index (Phi) is 8.71. The molecule has 1 aliphatic rings. The molecular formula is C23H28Br2O4. The van der Waals surface area contributed by atoms with Gasteiger partial charge in [0.25, 0.3) is 0 Å². The van der Waals surface area contributed by atoms with Crippen molar-refractivity contribution in [1.29, 1.82) is 0 Å². The van der Waals surface area contributed by atoms with Crippen LogP contribution in [0.2, 0.25) is 0 Å². The standard InChI is InChI=1S/C23H28Br2O4/c1-26-11-13-28-9-7-23(8-10-29-14-12-27-2)21-15-17(24)3-5-19(21)20-6-4-18(25)16-22(20)23/h3-6,15-16H,7-14H2,1-2H3. The molecule has 2 aromatic rings. The summed E-state index contributed by atoms with van der Waals surface area (Å²) in [5, 5.41) is 0. The van der Waals surface area contributed by atoms with Crippen LogP contribution in [0.3, 0.4) is 0 Å². The van der Waals surface area contributed by atoms with Crippen molar-refractivity contribution in [1.82, 2.24) is 0 Å². The highest BCUT2D eigenvalue weighted by atomic mass is 79.9. The molecule has 0 heterocycles. The van der Waals surface area contributed by atoms with Gasteiger partial charge in [0.15, 0.2) is 0 Å². The lowest BCUT2D eigenvalue weighted by molar-refractivity contribution is 0.0490. The first-order chi connectivity index (χ1) is 14.1. The van der Waals surface area contributed by atoms with Crippen molar-refractivity contribution in [3.63, 3.8) is 0 Å². The van der Waals surface area contributed by atoms with Crippen molar-refractivity contribution >= 4 is 31.9 Å². The molecule has 158 valence electrons. The number of ether oxygens (including phenoxy) is 4. The van der Waals surface area contributed by atoms with E-state index in [1.807, 2.05) is 0 Å². The van der Waals surface area contributed by atoms with Gasteiger partial charge in [-0.05, 0) is 59.4 Å². The van der Waals surface area contributed by atoms with E-state index < -0.39 is 0 Å². The molecule has 0 atom stereocenters.